The van der Waals surface area contributed by atoms with Crippen molar-refractivity contribution in [1.29, 1.82) is 0 Å². The quantitative estimate of drug-likeness (QED) is 0.271. The van der Waals surface area contributed by atoms with E-state index in [1.165, 1.54) is 109 Å². The van der Waals surface area contributed by atoms with Crippen molar-refractivity contribution in [3.05, 3.63) is 12.2 Å². The molecule has 0 atom stereocenters. The van der Waals surface area contributed by atoms with Gasteiger partial charge in [0.1, 0.15) is 0 Å². The molecule has 0 bridgehead atoms. The second-order valence-corrected chi connectivity index (χ2v) is 9.69. The molecule has 0 amide bonds. The van der Waals surface area contributed by atoms with Crippen LogP contribution in [0.3, 0.4) is 0 Å². The van der Waals surface area contributed by atoms with Crippen LogP contribution in [0.2, 0.25) is 0 Å². The Labute approximate surface area is 182 Å². The van der Waals surface area contributed by atoms with Crippen molar-refractivity contribution in [3.63, 3.8) is 0 Å². The van der Waals surface area contributed by atoms with E-state index in [1.54, 1.807) is 0 Å². The minimum Gasteiger partial charge on any atom is -0.0951 e. The van der Waals surface area contributed by atoms with Gasteiger partial charge < -0.3 is 0 Å². The first-order valence-electron chi connectivity index (χ1n) is 13.0. The van der Waals surface area contributed by atoms with Gasteiger partial charge in [-0.1, -0.05) is 95.3 Å². The lowest BCUT2D eigenvalue weighted by molar-refractivity contribution is 0.294. The Bertz CT molecular complexity index is 544. The molecule has 0 radical (unpaired) electrons. The van der Waals surface area contributed by atoms with Gasteiger partial charge in [0.25, 0.3) is 0 Å². The van der Waals surface area contributed by atoms with Gasteiger partial charge in [0.2, 0.25) is 0 Å². The Morgan fingerprint density at radius 3 is 1.41 bits per heavy atom. The summed E-state index contributed by atoms with van der Waals surface area (Å²) in [4.78, 5) is 0. The highest BCUT2D eigenvalue weighted by molar-refractivity contribution is 5.26. The lowest BCUT2D eigenvalue weighted by Crippen LogP contribution is -2.13. The minimum atomic E-state index is 0.627. The van der Waals surface area contributed by atoms with E-state index in [9.17, 15) is 0 Å². The van der Waals surface area contributed by atoms with E-state index in [4.69, 9.17) is 0 Å². The molecule has 0 aromatic heterocycles. The fraction of sp³-hybridized carbons (Fsp3) is 0.793. The monoisotopic (exact) mass is 394 g/mol. The molecule has 0 unspecified atom stereocenters. The molecule has 29 heavy (non-hydrogen) atoms. The Kier molecular flexibility index (Phi) is 13.0. The number of hydrogen-bond acceptors (Lipinski definition) is 0. The molecule has 0 nitrogen and oxygen atoms in total. The summed E-state index contributed by atoms with van der Waals surface area (Å²) < 4.78 is 0. The maximum absolute atomic E-state index is 3.48. The molecule has 0 N–H and O–H groups in total. The molecule has 0 saturated heterocycles. The highest BCUT2D eigenvalue weighted by Crippen LogP contribution is 2.32. The molecule has 0 aromatic rings. The number of rotatable bonds is 9. The van der Waals surface area contributed by atoms with Crippen molar-refractivity contribution in [3.8, 4) is 23.7 Å². The first-order chi connectivity index (χ1) is 14.3. The third-order valence-electron chi connectivity index (χ3n) is 7.20. The molecule has 2 fully saturated rings. The van der Waals surface area contributed by atoms with Gasteiger partial charge in [0, 0.05) is 11.8 Å². The van der Waals surface area contributed by atoms with Crippen LogP contribution in [0.1, 0.15) is 123 Å². The molecule has 0 spiro atoms. The van der Waals surface area contributed by atoms with E-state index in [0.29, 0.717) is 11.8 Å². The summed E-state index contributed by atoms with van der Waals surface area (Å²) in [5.74, 6) is 16.7. The summed E-state index contributed by atoms with van der Waals surface area (Å²) in [7, 11) is 0. The molecular formula is C29H46. The van der Waals surface area contributed by atoms with Gasteiger partial charge in [-0.15, -0.1) is 0 Å². The van der Waals surface area contributed by atoms with Crippen molar-refractivity contribution in [2.24, 2.45) is 23.7 Å². The lowest BCUT2D eigenvalue weighted by Gasteiger charge is -2.25. The summed E-state index contributed by atoms with van der Waals surface area (Å²) in [6.45, 7) is 4.59. The molecule has 2 aliphatic rings. The fourth-order valence-electron chi connectivity index (χ4n) is 5.15. The predicted molar refractivity (Wildman–Crippen MR) is 128 cm³/mol. The van der Waals surface area contributed by atoms with Crippen LogP contribution in [0.4, 0.5) is 0 Å². The number of allylic oxidation sites excluding steroid dienone is 2. The third-order valence-corrected chi connectivity index (χ3v) is 7.20. The third kappa shape index (κ3) is 11.0. The largest absolute Gasteiger partial charge is 0.0951 e. The zero-order valence-corrected chi connectivity index (χ0v) is 19.5. The van der Waals surface area contributed by atoms with E-state index in [-0.39, 0.29) is 0 Å². The van der Waals surface area contributed by atoms with Crippen LogP contribution in [0.5, 0.6) is 0 Å². The maximum Gasteiger partial charge on any atom is 0.0206 e. The van der Waals surface area contributed by atoms with E-state index >= 15 is 0 Å². The first kappa shape index (κ1) is 24.1. The Morgan fingerprint density at radius 1 is 0.552 bits per heavy atom. The molecule has 2 aliphatic carbocycles. The van der Waals surface area contributed by atoms with E-state index in [1.807, 2.05) is 12.2 Å². The molecule has 0 aromatic carbocycles. The van der Waals surface area contributed by atoms with Crippen LogP contribution < -0.4 is 0 Å². The Hall–Kier alpha value is -1.14. The van der Waals surface area contributed by atoms with Gasteiger partial charge in [-0.25, -0.2) is 0 Å². The zero-order chi connectivity index (χ0) is 20.6. The molecule has 162 valence electrons. The average molecular weight is 395 g/mol. The summed E-state index contributed by atoms with van der Waals surface area (Å²) in [5.41, 5.74) is 0. The van der Waals surface area contributed by atoms with Gasteiger partial charge in [0.15, 0.2) is 0 Å². The standard InChI is InChI=1S/C29H46/c1-3-5-7-11-15-27-22-24-29(25-23-27)17-13-9-8-12-16-28-20-18-26(19-21-28)14-10-6-4-2/h8-9,26-29H,3-7,10-11,14-15,18-25H2,1-2H3/b9-8+. The first-order valence-corrected chi connectivity index (χ1v) is 13.0. The van der Waals surface area contributed by atoms with Gasteiger partial charge in [-0.2, -0.15) is 0 Å². The molecule has 2 rings (SSSR count). The predicted octanol–water partition coefficient (Wildman–Crippen LogP) is 8.71. The fourth-order valence-corrected chi connectivity index (χ4v) is 5.15. The van der Waals surface area contributed by atoms with E-state index in [2.05, 4.69) is 37.5 Å². The maximum atomic E-state index is 3.48. The summed E-state index contributed by atoms with van der Waals surface area (Å²) in [5, 5.41) is 0. The molecule has 2 saturated carbocycles. The van der Waals surface area contributed by atoms with Crippen molar-refractivity contribution in [2.45, 2.75) is 123 Å². The summed E-state index contributed by atoms with van der Waals surface area (Å²) >= 11 is 0. The van der Waals surface area contributed by atoms with Crippen LogP contribution >= 0.6 is 0 Å². The Morgan fingerprint density at radius 2 is 0.966 bits per heavy atom. The second-order valence-electron chi connectivity index (χ2n) is 9.69. The van der Waals surface area contributed by atoms with Crippen molar-refractivity contribution < 1.29 is 0 Å². The van der Waals surface area contributed by atoms with Crippen LogP contribution in [-0.2, 0) is 0 Å². The molecule has 0 heterocycles. The Balaban J connectivity index is 1.56. The number of unbranched alkanes of at least 4 members (excludes halogenated alkanes) is 5. The normalized spacial score (nSPS) is 27.1. The SMILES string of the molecule is CCCCCCC1CCC(C#C/C=C/C#CC2CCC(CCCCC)CC2)CC1. The zero-order valence-electron chi connectivity index (χ0n) is 19.5. The molecule has 0 aliphatic heterocycles. The summed E-state index contributed by atoms with van der Waals surface area (Å²) in [6, 6.07) is 0. The van der Waals surface area contributed by atoms with Crippen LogP contribution in [0.25, 0.3) is 0 Å². The summed E-state index contributed by atoms with van der Waals surface area (Å²) in [6.07, 6.45) is 27.5. The topological polar surface area (TPSA) is 0 Å². The van der Waals surface area contributed by atoms with Crippen molar-refractivity contribution in [2.75, 3.05) is 0 Å². The van der Waals surface area contributed by atoms with Gasteiger partial charge in [-0.05, 0) is 75.4 Å². The van der Waals surface area contributed by atoms with Crippen LogP contribution in [0.15, 0.2) is 12.2 Å². The van der Waals surface area contributed by atoms with Crippen LogP contribution in [-0.4, -0.2) is 0 Å². The van der Waals surface area contributed by atoms with Gasteiger partial charge >= 0.3 is 0 Å². The van der Waals surface area contributed by atoms with Gasteiger partial charge in [-0.3, -0.25) is 0 Å². The van der Waals surface area contributed by atoms with Crippen LogP contribution in [0, 0.1) is 47.4 Å². The molecule has 0 heteroatoms. The minimum absolute atomic E-state index is 0.627. The number of hydrogen-bond donors (Lipinski definition) is 0. The van der Waals surface area contributed by atoms with E-state index < -0.39 is 0 Å². The van der Waals surface area contributed by atoms with Gasteiger partial charge in [0.05, 0.1) is 0 Å². The molecular weight excluding hydrogens is 348 g/mol. The van der Waals surface area contributed by atoms with Crippen molar-refractivity contribution in [1.82, 2.24) is 0 Å². The van der Waals surface area contributed by atoms with E-state index in [0.717, 1.165) is 11.8 Å². The second kappa shape index (κ2) is 15.7. The average Bonchev–Trinajstić information content (AvgIpc) is 2.76. The highest BCUT2D eigenvalue weighted by atomic mass is 14.2. The highest BCUT2D eigenvalue weighted by Gasteiger charge is 2.20. The van der Waals surface area contributed by atoms with Crippen molar-refractivity contribution >= 4 is 0 Å². The lowest BCUT2D eigenvalue weighted by atomic mass is 9.80. The smallest absolute Gasteiger partial charge is 0.0206 e.